The number of carboxylic acids is 1. The number of nitrogens with zero attached hydrogens (tertiary/aromatic N) is 5. The molecular weight excluding hydrogens is 512 g/mol. The molecule has 5 rings (SSSR count). The molecule has 1 fully saturated rings. The molecule has 2 amide bonds. The predicted molar refractivity (Wildman–Crippen MR) is 136 cm³/mol. The van der Waals surface area contributed by atoms with E-state index in [2.05, 4.69) is 10.4 Å². The number of aliphatic hydroxyl groups is 1. The van der Waals surface area contributed by atoms with E-state index < -0.39 is 35.7 Å². The number of amides is 2. The van der Waals surface area contributed by atoms with Crippen molar-refractivity contribution in [3.8, 4) is 11.5 Å². The van der Waals surface area contributed by atoms with Gasteiger partial charge in [-0.25, -0.2) is 18.4 Å². The fraction of sp³-hybridized carbons (Fsp3) is 0.259. The van der Waals surface area contributed by atoms with Crippen LogP contribution < -0.4 is 14.6 Å². The van der Waals surface area contributed by atoms with Crippen LogP contribution in [0.3, 0.4) is 0 Å². The quantitative estimate of drug-likeness (QED) is 0.393. The van der Waals surface area contributed by atoms with E-state index in [0.29, 0.717) is 28.6 Å². The highest BCUT2D eigenvalue weighted by molar-refractivity contribution is 5.96. The van der Waals surface area contributed by atoms with Crippen molar-refractivity contribution in [1.82, 2.24) is 5.01 Å². The smallest absolute Gasteiger partial charge is 0.350 e. The highest BCUT2D eigenvalue weighted by Crippen LogP contribution is 2.39. The average molecular weight is 538 g/mol. The number of anilines is 2. The van der Waals surface area contributed by atoms with Gasteiger partial charge >= 0.3 is 12.0 Å². The first-order valence-corrected chi connectivity index (χ1v) is 12.4. The highest BCUT2D eigenvalue weighted by Gasteiger charge is 2.41. The number of hydrogen-bond acceptors (Lipinski definition) is 7. The minimum atomic E-state index is -1.94. The van der Waals surface area contributed by atoms with Crippen molar-refractivity contribution in [3.05, 3.63) is 83.9 Å². The third-order valence-corrected chi connectivity index (χ3v) is 6.62. The first-order valence-electron chi connectivity index (χ1n) is 12.4. The lowest BCUT2D eigenvalue weighted by Crippen LogP contribution is -2.52. The second kappa shape index (κ2) is 11.0. The van der Waals surface area contributed by atoms with E-state index in [1.807, 2.05) is 0 Å². The monoisotopic (exact) mass is 537 g/mol. The molecule has 0 spiro atoms. The number of aliphatic hydroxyl groups excluding tert-OH is 1. The van der Waals surface area contributed by atoms with Gasteiger partial charge in [-0.1, -0.05) is 43.5 Å². The molecule has 202 valence electrons. The molecule has 1 unspecified atom stereocenters. The highest BCUT2D eigenvalue weighted by atomic mass is 19.1. The molecule has 2 aliphatic rings. The van der Waals surface area contributed by atoms with Gasteiger partial charge in [0.25, 0.3) is 6.35 Å². The van der Waals surface area contributed by atoms with Gasteiger partial charge < -0.3 is 14.9 Å². The Kier molecular flexibility index (Phi) is 7.37. The second-order valence-corrected chi connectivity index (χ2v) is 9.13. The van der Waals surface area contributed by atoms with E-state index in [9.17, 15) is 28.6 Å². The molecule has 0 aromatic heterocycles. The van der Waals surface area contributed by atoms with Gasteiger partial charge in [0.1, 0.15) is 11.4 Å². The maximum atomic E-state index is 14.4. The van der Waals surface area contributed by atoms with Crippen LogP contribution in [0.25, 0.3) is 0 Å². The lowest BCUT2D eigenvalue weighted by atomic mass is 9.93. The third-order valence-electron chi connectivity index (χ3n) is 6.62. The number of rotatable bonds is 6. The molecule has 39 heavy (non-hydrogen) atoms. The van der Waals surface area contributed by atoms with Crippen molar-refractivity contribution in [3.63, 3.8) is 0 Å². The number of para-hydroxylation sites is 2. The fourth-order valence-corrected chi connectivity index (χ4v) is 4.74. The number of benzene rings is 3. The van der Waals surface area contributed by atoms with Crippen molar-refractivity contribution in [2.24, 2.45) is 10.4 Å². The van der Waals surface area contributed by atoms with Gasteiger partial charge in [0.2, 0.25) is 0 Å². The van der Waals surface area contributed by atoms with Crippen molar-refractivity contribution in [1.29, 1.82) is 0 Å². The average Bonchev–Trinajstić information content (AvgIpc) is 3.31. The SMILES string of the molecule is O=C(O)c1ccc(N(C(=O)N2N=NN(c3c(F)cccc3F)C2O)C2CCCCC2)c(Oc2ccccc2)c1. The lowest BCUT2D eigenvalue weighted by Gasteiger charge is -2.37. The van der Waals surface area contributed by atoms with Gasteiger partial charge in [0.05, 0.1) is 11.3 Å². The molecule has 1 heterocycles. The summed E-state index contributed by atoms with van der Waals surface area (Å²) in [4.78, 5) is 27.1. The molecule has 3 aromatic carbocycles. The number of carbonyl (C=O) groups excluding carboxylic acids is 1. The molecule has 1 atom stereocenters. The number of carbonyl (C=O) groups is 2. The largest absolute Gasteiger partial charge is 0.478 e. The molecule has 12 heteroatoms. The summed E-state index contributed by atoms with van der Waals surface area (Å²) in [6, 6.07) is 14.8. The Hall–Kier alpha value is -4.58. The summed E-state index contributed by atoms with van der Waals surface area (Å²) in [7, 11) is 0. The molecule has 1 saturated carbocycles. The van der Waals surface area contributed by atoms with Crippen molar-refractivity contribution < 1.29 is 33.3 Å². The second-order valence-electron chi connectivity index (χ2n) is 9.13. The summed E-state index contributed by atoms with van der Waals surface area (Å²) < 4.78 is 34.8. The topological polar surface area (TPSA) is 118 Å². The molecule has 0 bridgehead atoms. The Bertz CT molecular complexity index is 1380. The Morgan fingerprint density at radius 1 is 0.923 bits per heavy atom. The standard InChI is InChI=1S/C27H25F2N5O5/c28-20-12-7-13-21(29)24(20)33-27(38)34(31-30-33)26(37)32(18-8-3-1-4-9-18)22-15-14-17(25(35)36)16-23(22)39-19-10-5-2-6-11-19/h2,5-7,10-16,18,27,38H,1,3-4,8-9H2,(H,35,36). The summed E-state index contributed by atoms with van der Waals surface area (Å²) in [5.41, 5.74) is -0.464. The van der Waals surface area contributed by atoms with Crippen molar-refractivity contribution in [2.45, 2.75) is 44.5 Å². The molecule has 0 radical (unpaired) electrons. The van der Waals surface area contributed by atoms with Gasteiger partial charge in [0, 0.05) is 6.04 Å². The van der Waals surface area contributed by atoms with Crippen molar-refractivity contribution in [2.75, 3.05) is 9.91 Å². The third kappa shape index (κ3) is 5.23. The Morgan fingerprint density at radius 3 is 2.28 bits per heavy atom. The maximum absolute atomic E-state index is 14.4. The van der Waals surface area contributed by atoms with Crippen LogP contribution in [0.2, 0.25) is 0 Å². The normalized spacial score (nSPS) is 17.4. The Labute approximate surface area is 222 Å². The van der Waals surface area contributed by atoms with Gasteiger partial charge in [-0.2, -0.15) is 5.01 Å². The van der Waals surface area contributed by atoms with E-state index >= 15 is 0 Å². The van der Waals surface area contributed by atoms with Crippen LogP contribution in [0.4, 0.5) is 25.0 Å². The van der Waals surface area contributed by atoms with E-state index in [4.69, 9.17) is 4.74 Å². The van der Waals surface area contributed by atoms with Crippen LogP contribution in [-0.2, 0) is 0 Å². The van der Waals surface area contributed by atoms with Gasteiger partial charge in [-0.3, -0.25) is 4.90 Å². The molecule has 1 aliphatic heterocycles. The van der Waals surface area contributed by atoms with Crippen LogP contribution in [-0.4, -0.2) is 39.6 Å². The molecule has 3 aromatic rings. The Balaban J connectivity index is 1.54. The van der Waals surface area contributed by atoms with E-state index in [-0.39, 0.29) is 23.0 Å². The number of halogens is 2. The van der Waals surface area contributed by atoms with E-state index in [0.717, 1.165) is 37.5 Å². The molecular formula is C27H25F2N5O5. The zero-order chi connectivity index (χ0) is 27.5. The summed E-state index contributed by atoms with van der Waals surface area (Å²) in [6.45, 7) is 0. The summed E-state index contributed by atoms with van der Waals surface area (Å²) in [6.07, 6.45) is 1.98. The number of ether oxygens (including phenoxy) is 1. The van der Waals surface area contributed by atoms with Crippen molar-refractivity contribution >= 4 is 23.4 Å². The van der Waals surface area contributed by atoms with Gasteiger partial charge in [-0.05, 0) is 65.8 Å². The molecule has 0 saturated heterocycles. The lowest BCUT2D eigenvalue weighted by molar-refractivity contribution is 0.0520. The summed E-state index contributed by atoms with van der Waals surface area (Å²) >= 11 is 0. The number of urea groups is 1. The Morgan fingerprint density at radius 2 is 1.62 bits per heavy atom. The van der Waals surface area contributed by atoms with E-state index in [1.165, 1.54) is 23.1 Å². The number of hydrogen-bond donors (Lipinski definition) is 2. The minimum Gasteiger partial charge on any atom is -0.478 e. The number of carboxylic acid groups (broad SMARTS) is 1. The zero-order valence-corrected chi connectivity index (χ0v) is 20.7. The summed E-state index contributed by atoms with van der Waals surface area (Å²) in [5, 5.41) is 29.1. The van der Waals surface area contributed by atoms with Crippen LogP contribution in [0.15, 0.2) is 77.2 Å². The fourth-order valence-electron chi connectivity index (χ4n) is 4.74. The van der Waals surface area contributed by atoms with E-state index in [1.54, 1.807) is 30.3 Å². The molecule has 2 N–H and O–H groups in total. The van der Waals surface area contributed by atoms with Gasteiger partial charge in [-0.15, -0.1) is 5.01 Å². The first-order chi connectivity index (χ1) is 18.8. The van der Waals surface area contributed by atoms with Crippen LogP contribution in [0.5, 0.6) is 11.5 Å². The number of aromatic carboxylic acids is 1. The minimum absolute atomic E-state index is 0.0529. The van der Waals surface area contributed by atoms with Crippen LogP contribution in [0.1, 0.15) is 42.5 Å². The molecule has 1 aliphatic carbocycles. The van der Waals surface area contributed by atoms with Crippen LogP contribution in [0, 0.1) is 11.6 Å². The zero-order valence-electron chi connectivity index (χ0n) is 20.7. The summed E-state index contributed by atoms with van der Waals surface area (Å²) in [5.74, 6) is -2.65. The van der Waals surface area contributed by atoms with Crippen LogP contribution >= 0.6 is 0 Å². The maximum Gasteiger partial charge on any atom is 0.350 e. The molecule has 10 nitrogen and oxygen atoms in total. The van der Waals surface area contributed by atoms with Gasteiger partial charge in [0.15, 0.2) is 17.4 Å². The first kappa shape index (κ1) is 26.0. The predicted octanol–water partition coefficient (Wildman–Crippen LogP) is 6.09.